The van der Waals surface area contributed by atoms with Crippen LogP contribution in [0.1, 0.15) is 102 Å². The molecule has 0 N–H and O–H groups in total. The van der Waals surface area contributed by atoms with E-state index in [2.05, 4.69) is 42.7 Å². The SMILES string of the molecule is CCCCCCCN(C)CCOc1ccc2c(c1)CC[C@@H]1[C@@H]2CC[C@]2(C)[C@@H](OCCCOC(C(F)(F)F)(C(F)(F)F)C(F)(F)F)CC[C@@H]12. The quantitative estimate of drug-likeness (QED) is 0.127. The van der Waals surface area contributed by atoms with Crippen molar-refractivity contribution in [2.45, 2.75) is 127 Å². The summed E-state index contributed by atoms with van der Waals surface area (Å²) in [7, 11) is 2.12. The molecule has 48 heavy (non-hydrogen) atoms. The van der Waals surface area contributed by atoms with Crippen LogP contribution in [0.25, 0.3) is 0 Å². The summed E-state index contributed by atoms with van der Waals surface area (Å²) in [4.78, 5) is 2.31. The number of aryl methyl sites for hydroxylation is 1. The van der Waals surface area contributed by atoms with E-state index in [4.69, 9.17) is 9.47 Å². The van der Waals surface area contributed by atoms with E-state index < -0.39 is 37.2 Å². The molecule has 0 unspecified atom stereocenters. The van der Waals surface area contributed by atoms with Crippen molar-refractivity contribution < 1.29 is 53.7 Å². The summed E-state index contributed by atoms with van der Waals surface area (Å²) >= 11 is 0. The Morgan fingerprint density at radius 2 is 1.48 bits per heavy atom. The van der Waals surface area contributed by atoms with Gasteiger partial charge in [0.15, 0.2) is 0 Å². The number of unbranched alkanes of at least 4 members (excludes halogenated alkanes) is 4. The lowest BCUT2D eigenvalue weighted by atomic mass is 9.55. The molecule has 0 saturated heterocycles. The van der Waals surface area contributed by atoms with Crippen LogP contribution in [0, 0.1) is 17.3 Å². The first-order valence-electron chi connectivity index (χ1n) is 17.4. The molecule has 0 spiro atoms. The number of nitrogens with zero attached hydrogens (tertiary/aromatic N) is 1. The standard InChI is InChI=1S/C35H50F9NO3/c1-4-5-6-7-8-18-45(3)19-22-46-25-11-13-26-24(23-25)10-12-28-27(26)16-17-31(2)29(28)14-15-30(31)47-20-9-21-48-32(33(36,37)38,34(39,40)41)35(42,43)44/h11,13,23,27-30H,4-10,12,14-22H2,1-3H3/t27-,28-,29+,30+,31+/m1/s1. The van der Waals surface area contributed by atoms with Crippen LogP contribution in [-0.2, 0) is 15.9 Å². The van der Waals surface area contributed by atoms with Gasteiger partial charge in [0.05, 0.1) is 12.7 Å². The molecule has 13 heteroatoms. The molecule has 2 saturated carbocycles. The van der Waals surface area contributed by atoms with Gasteiger partial charge in [0.1, 0.15) is 12.4 Å². The highest BCUT2D eigenvalue weighted by Gasteiger charge is 2.85. The summed E-state index contributed by atoms with van der Waals surface area (Å²) in [5, 5.41) is 0. The maximum atomic E-state index is 13.1. The Kier molecular flexibility index (Phi) is 12.7. The van der Waals surface area contributed by atoms with Crippen molar-refractivity contribution in [3.05, 3.63) is 29.3 Å². The van der Waals surface area contributed by atoms with E-state index in [9.17, 15) is 39.5 Å². The molecule has 4 rings (SSSR count). The minimum absolute atomic E-state index is 0.238. The van der Waals surface area contributed by atoms with Crippen LogP contribution < -0.4 is 4.74 Å². The topological polar surface area (TPSA) is 30.9 Å². The number of ether oxygens (including phenoxy) is 3. The van der Waals surface area contributed by atoms with Crippen molar-refractivity contribution in [1.29, 1.82) is 0 Å². The van der Waals surface area contributed by atoms with Crippen molar-refractivity contribution in [3.63, 3.8) is 0 Å². The second-order valence-corrected chi connectivity index (χ2v) is 14.2. The first kappa shape index (κ1) is 39.1. The summed E-state index contributed by atoms with van der Waals surface area (Å²) in [5.74, 6) is 2.00. The molecule has 1 aromatic rings. The largest absolute Gasteiger partial charge is 0.492 e. The number of hydrogen-bond acceptors (Lipinski definition) is 4. The van der Waals surface area contributed by atoms with Crippen molar-refractivity contribution in [2.75, 3.05) is 40.0 Å². The third-order valence-electron chi connectivity index (χ3n) is 11.1. The number of benzene rings is 1. The highest BCUT2D eigenvalue weighted by atomic mass is 19.4. The summed E-state index contributed by atoms with van der Waals surface area (Å²) < 4.78 is 134. The molecule has 0 aromatic heterocycles. The average Bonchev–Trinajstić information content (AvgIpc) is 3.32. The zero-order valence-corrected chi connectivity index (χ0v) is 28.1. The lowest BCUT2D eigenvalue weighted by Gasteiger charge is -2.50. The lowest BCUT2D eigenvalue weighted by Crippen LogP contribution is -2.67. The van der Waals surface area contributed by atoms with E-state index in [1.54, 1.807) is 0 Å². The Morgan fingerprint density at radius 1 is 0.792 bits per heavy atom. The Morgan fingerprint density at radius 3 is 2.15 bits per heavy atom. The predicted octanol–water partition coefficient (Wildman–Crippen LogP) is 10.0. The molecule has 0 amide bonds. The van der Waals surface area contributed by atoms with Gasteiger partial charge in [0, 0.05) is 13.2 Å². The second kappa shape index (κ2) is 15.7. The van der Waals surface area contributed by atoms with Gasteiger partial charge in [0.25, 0.3) is 0 Å². The maximum Gasteiger partial charge on any atom is 0.435 e. The smallest absolute Gasteiger partial charge is 0.435 e. The predicted molar refractivity (Wildman–Crippen MR) is 164 cm³/mol. The van der Waals surface area contributed by atoms with Crippen LogP contribution >= 0.6 is 0 Å². The van der Waals surface area contributed by atoms with Gasteiger partial charge < -0.3 is 19.1 Å². The Balaban J connectivity index is 1.27. The van der Waals surface area contributed by atoms with Crippen LogP contribution in [0.3, 0.4) is 0 Å². The third-order valence-corrected chi connectivity index (χ3v) is 11.1. The third kappa shape index (κ3) is 8.24. The lowest BCUT2D eigenvalue weighted by molar-refractivity contribution is -0.457. The molecular weight excluding hydrogens is 653 g/mol. The van der Waals surface area contributed by atoms with Gasteiger partial charge in [-0.05, 0) is 111 Å². The number of hydrogen-bond donors (Lipinski definition) is 0. The molecule has 276 valence electrons. The van der Waals surface area contributed by atoms with E-state index in [1.807, 2.05) is 6.07 Å². The molecule has 0 aliphatic heterocycles. The first-order chi connectivity index (χ1) is 22.5. The van der Waals surface area contributed by atoms with Gasteiger partial charge >= 0.3 is 24.1 Å². The molecule has 0 radical (unpaired) electrons. The van der Waals surface area contributed by atoms with Crippen LogP contribution in [-0.4, -0.2) is 75.1 Å². The van der Waals surface area contributed by atoms with Gasteiger partial charge in [0.2, 0.25) is 0 Å². The molecule has 5 atom stereocenters. The number of alkyl halides is 9. The highest BCUT2D eigenvalue weighted by molar-refractivity contribution is 5.40. The number of likely N-dealkylation sites (N-methyl/N-ethyl adjacent to an activating group) is 1. The average molecular weight is 704 g/mol. The zero-order valence-electron chi connectivity index (χ0n) is 28.1. The summed E-state index contributed by atoms with van der Waals surface area (Å²) in [6.07, 6.45) is -9.53. The normalized spacial score (nSPS) is 26.4. The fraction of sp³-hybridized carbons (Fsp3) is 0.829. The summed E-state index contributed by atoms with van der Waals surface area (Å²) in [6, 6.07) is 6.40. The Hall–Kier alpha value is -1.73. The first-order valence-corrected chi connectivity index (χ1v) is 17.4. The fourth-order valence-corrected chi connectivity index (χ4v) is 8.53. The number of fused-ring (bicyclic) bond motifs is 5. The van der Waals surface area contributed by atoms with Crippen LogP contribution in [0.15, 0.2) is 18.2 Å². The fourth-order valence-electron chi connectivity index (χ4n) is 8.53. The number of rotatable bonds is 16. The zero-order chi connectivity index (χ0) is 35.4. The van der Waals surface area contributed by atoms with E-state index >= 15 is 0 Å². The van der Waals surface area contributed by atoms with Gasteiger partial charge in [-0.25, -0.2) is 0 Å². The molecule has 2 fully saturated rings. The van der Waals surface area contributed by atoms with Crippen molar-refractivity contribution in [3.8, 4) is 5.75 Å². The van der Waals surface area contributed by atoms with E-state index in [1.165, 1.54) is 43.2 Å². The van der Waals surface area contributed by atoms with Gasteiger partial charge in [-0.2, -0.15) is 39.5 Å². The molecule has 3 aliphatic carbocycles. The van der Waals surface area contributed by atoms with Gasteiger partial charge in [-0.1, -0.05) is 45.6 Å². The van der Waals surface area contributed by atoms with Crippen molar-refractivity contribution in [2.24, 2.45) is 17.3 Å². The Bertz CT molecular complexity index is 1140. The molecular formula is C35H50F9NO3. The van der Waals surface area contributed by atoms with E-state index in [0.29, 0.717) is 30.8 Å². The van der Waals surface area contributed by atoms with Crippen LogP contribution in [0.2, 0.25) is 0 Å². The van der Waals surface area contributed by atoms with E-state index in [0.717, 1.165) is 50.9 Å². The summed E-state index contributed by atoms with van der Waals surface area (Å²) in [5.41, 5.74) is -3.84. The van der Waals surface area contributed by atoms with Gasteiger partial charge in [-0.3, -0.25) is 0 Å². The molecule has 4 nitrogen and oxygen atoms in total. The second-order valence-electron chi connectivity index (χ2n) is 14.2. The van der Waals surface area contributed by atoms with Crippen LogP contribution in [0.4, 0.5) is 39.5 Å². The van der Waals surface area contributed by atoms with Crippen molar-refractivity contribution >= 4 is 0 Å². The summed E-state index contributed by atoms with van der Waals surface area (Å²) in [6.45, 7) is 5.18. The monoisotopic (exact) mass is 703 g/mol. The van der Waals surface area contributed by atoms with Gasteiger partial charge in [-0.15, -0.1) is 0 Å². The minimum Gasteiger partial charge on any atom is -0.492 e. The molecule has 3 aliphatic rings. The molecule has 1 aromatic carbocycles. The number of halogens is 9. The highest BCUT2D eigenvalue weighted by Crippen LogP contribution is 2.62. The molecule has 0 heterocycles. The maximum absolute atomic E-state index is 13.1. The molecule has 0 bridgehead atoms. The van der Waals surface area contributed by atoms with Crippen LogP contribution in [0.5, 0.6) is 5.75 Å². The minimum atomic E-state index is -6.73. The van der Waals surface area contributed by atoms with E-state index in [-0.39, 0.29) is 18.1 Å². The Labute approximate surface area is 278 Å². The van der Waals surface area contributed by atoms with Crippen molar-refractivity contribution in [1.82, 2.24) is 4.90 Å².